The number of hydrogen-bond acceptors (Lipinski definition) is 5. The molecule has 0 spiro atoms. The molecule has 1 aliphatic rings. The van der Waals surface area contributed by atoms with Crippen LogP contribution < -0.4 is 5.01 Å². The molecule has 0 saturated heterocycles. The lowest BCUT2D eigenvalue weighted by Gasteiger charge is -2.11. The lowest BCUT2D eigenvalue weighted by Crippen LogP contribution is -2.19. The highest BCUT2D eigenvalue weighted by Gasteiger charge is 2.22. The molecule has 2 heterocycles. The molecule has 0 N–H and O–H groups in total. The number of carbonyl (C=O) groups is 1. The number of hydrazone groups is 1. The molecular weight excluding hydrogens is 248 g/mol. The van der Waals surface area contributed by atoms with Crippen LogP contribution in [0.5, 0.6) is 0 Å². The zero-order valence-electron chi connectivity index (χ0n) is 9.70. The van der Waals surface area contributed by atoms with E-state index in [4.69, 9.17) is 0 Å². The fourth-order valence-electron chi connectivity index (χ4n) is 1.82. The molecule has 1 amide bonds. The van der Waals surface area contributed by atoms with E-state index in [9.17, 15) is 4.79 Å². The van der Waals surface area contributed by atoms with Crippen LogP contribution in [-0.4, -0.2) is 21.2 Å². The number of nitrogens with zero attached hydrogens (tertiary/aromatic N) is 4. The van der Waals surface area contributed by atoms with Gasteiger partial charge in [0.2, 0.25) is 0 Å². The van der Waals surface area contributed by atoms with E-state index < -0.39 is 0 Å². The zero-order valence-corrected chi connectivity index (χ0v) is 10.5. The quantitative estimate of drug-likeness (QED) is 0.830. The molecule has 1 aliphatic heterocycles. The van der Waals surface area contributed by atoms with Crippen molar-refractivity contribution in [2.45, 2.75) is 13.3 Å². The van der Waals surface area contributed by atoms with Crippen molar-refractivity contribution >= 4 is 28.8 Å². The Labute approximate surface area is 108 Å². The van der Waals surface area contributed by atoms with Crippen LogP contribution in [0.1, 0.15) is 13.3 Å². The number of benzene rings is 1. The second kappa shape index (κ2) is 4.30. The van der Waals surface area contributed by atoms with Crippen molar-refractivity contribution < 1.29 is 4.79 Å². The molecule has 0 fully saturated rings. The average molecular weight is 258 g/mol. The van der Waals surface area contributed by atoms with E-state index in [1.165, 1.54) is 16.5 Å². The van der Waals surface area contributed by atoms with Crippen molar-refractivity contribution in [3.63, 3.8) is 0 Å². The predicted molar refractivity (Wildman–Crippen MR) is 70.6 cm³/mol. The minimum atomic E-state index is 0.00979. The van der Waals surface area contributed by atoms with Crippen molar-refractivity contribution in [2.24, 2.45) is 5.10 Å². The van der Waals surface area contributed by atoms with E-state index in [2.05, 4.69) is 14.7 Å². The maximum absolute atomic E-state index is 11.7. The third-order valence-electron chi connectivity index (χ3n) is 2.68. The number of amides is 1. The van der Waals surface area contributed by atoms with Crippen LogP contribution in [-0.2, 0) is 4.79 Å². The molecule has 90 valence electrons. The van der Waals surface area contributed by atoms with E-state index in [-0.39, 0.29) is 5.91 Å². The molecule has 0 aliphatic carbocycles. The first-order valence-corrected chi connectivity index (χ1v) is 6.32. The van der Waals surface area contributed by atoms with Gasteiger partial charge in [-0.3, -0.25) is 4.79 Å². The number of aromatic nitrogens is 2. The first-order valence-electron chi connectivity index (χ1n) is 5.48. The first kappa shape index (κ1) is 11.0. The number of rotatable bonds is 2. The van der Waals surface area contributed by atoms with Crippen molar-refractivity contribution in [3.05, 3.63) is 29.6 Å². The smallest absolute Gasteiger partial charge is 0.253 e. The Kier molecular flexibility index (Phi) is 2.64. The highest BCUT2D eigenvalue weighted by atomic mass is 32.1. The van der Waals surface area contributed by atoms with Gasteiger partial charge in [-0.05, 0) is 30.6 Å². The minimum absolute atomic E-state index is 0.00979. The van der Waals surface area contributed by atoms with Crippen molar-refractivity contribution in [3.8, 4) is 11.3 Å². The SMILES string of the molecule is CC1=NN(c2ccc(-c3csnn3)cc2)C(=O)C1. The Hall–Kier alpha value is -2.08. The van der Waals surface area contributed by atoms with Gasteiger partial charge in [0.25, 0.3) is 5.91 Å². The normalized spacial score (nSPS) is 15.1. The van der Waals surface area contributed by atoms with Gasteiger partial charge in [-0.15, -0.1) is 5.10 Å². The summed E-state index contributed by atoms with van der Waals surface area (Å²) < 4.78 is 3.83. The molecule has 1 aromatic carbocycles. The first-order chi connectivity index (χ1) is 8.74. The van der Waals surface area contributed by atoms with Crippen LogP contribution in [0.25, 0.3) is 11.3 Å². The molecule has 0 unspecified atom stereocenters. The fraction of sp³-hybridized carbons (Fsp3) is 0.167. The Morgan fingerprint density at radius 3 is 2.61 bits per heavy atom. The Balaban J connectivity index is 1.90. The van der Waals surface area contributed by atoms with Gasteiger partial charge in [-0.25, -0.2) is 5.01 Å². The minimum Gasteiger partial charge on any atom is -0.272 e. The molecule has 0 saturated carbocycles. The summed E-state index contributed by atoms with van der Waals surface area (Å²) in [6, 6.07) is 7.58. The Bertz CT molecular complexity index is 604. The number of anilines is 1. The van der Waals surface area contributed by atoms with Crippen LogP contribution in [0.3, 0.4) is 0 Å². The summed E-state index contributed by atoms with van der Waals surface area (Å²) in [5, 5.41) is 11.5. The molecule has 2 aromatic rings. The van der Waals surface area contributed by atoms with Crippen LogP contribution in [0.15, 0.2) is 34.7 Å². The number of hydrogen-bond donors (Lipinski definition) is 0. The third kappa shape index (κ3) is 1.91. The summed E-state index contributed by atoms with van der Waals surface area (Å²) in [6.45, 7) is 1.85. The van der Waals surface area contributed by atoms with Gasteiger partial charge in [0, 0.05) is 16.7 Å². The van der Waals surface area contributed by atoms with Crippen LogP contribution in [0, 0.1) is 0 Å². The zero-order chi connectivity index (χ0) is 12.5. The second-order valence-electron chi connectivity index (χ2n) is 4.05. The largest absolute Gasteiger partial charge is 0.272 e. The molecule has 3 rings (SSSR count). The summed E-state index contributed by atoms with van der Waals surface area (Å²) in [4.78, 5) is 11.7. The van der Waals surface area contributed by atoms with Gasteiger partial charge in [-0.2, -0.15) is 5.10 Å². The van der Waals surface area contributed by atoms with Gasteiger partial charge in [0.1, 0.15) is 5.69 Å². The fourth-order valence-corrected chi connectivity index (χ4v) is 2.29. The van der Waals surface area contributed by atoms with E-state index in [1.54, 1.807) is 0 Å². The van der Waals surface area contributed by atoms with Crippen molar-refractivity contribution in [1.29, 1.82) is 0 Å². The predicted octanol–water partition coefficient (Wildman–Crippen LogP) is 2.32. The molecular formula is C12H10N4OS. The van der Waals surface area contributed by atoms with Crippen molar-refractivity contribution in [1.82, 2.24) is 9.59 Å². The van der Waals surface area contributed by atoms with Gasteiger partial charge < -0.3 is 0 Å². The second-order valence-corrected chi connectivity index (χ2v) is 4.66. The topological polar surface area (TPSA) is 58.5 Å². The summed E-state index contributed by atoms with van der Waals surface area (Å²) in [6.07, 6.45) is 0.401. The maximum atomic E-state index is 11.7. The Morgan fingerprint density at radius 1 is 1.28 bits per heavy atom. The lowest BCUT2D eigenvalue weighted by atomic mass is 10.1. The summed E-state index contributed by atoms with van der Waals surface area (Å²) >= 11 is 1.32. The van der Waals surface area contributed by atoms with Gasteiger partial charge in [0.05, 0.1) is 12.1 Å². The van der Waals surface area contributed by atoms with Crippen LogP contribution >= 0.6 is 11.5 Å². The van der Waals surface area contributed by atoms with Gasteiger partial charge >= 0.3 is 0 Å². The molecule has 0 atom stereocenters. The standard InChI is InChI=1S/C12H10N4OS/c1-8-6-12(17)16(14-8)10-4-2-9(3-5-10)11-7-18-15-13-11/h2-5,7H,6H2,1H3. The Morgan fingerprint density at radius 2 is 2.06 bits per heavy atom. The molecule has 0 bridgehead atoms. The summed E-state index contributed by atoms with van der Waals surface area (Å²) in [5.41, 5.74) is 3.45. The number of carbonyl (C=O) groups excluding carboxylic acids is 1. The molecule has 1 aromatic heterocycles. The highest BCUT2D eigenvalue weighted by molar-refractivity contribution is 7.03. The summed E-state index contributed by atoms with van der Waals surface area (Å²) in [5.74, 6) is 0.00979. The average Bonchev–Trinajstić information content (AvgIpc) is 2.99. The van der Waals surface area contributed by atoms with E-state index in [0.717, 1.165) is 22.7 Å². The summed E-state index contributed by atoms with van der Waals surface area (Å²) in [7, 11) is 0. The third-order valence-corrected chi connectivity index (χ3v) is 3.19. The lowest BCUT2D eigenvalue weighted by molar-refractivity contribution is -0.116. The van der Waals surface area contributed by atoms with Gasteiger partial charge in [0.15, 0.2) is 0 Å². The van der Waals surface area contributed by atoms with Crippen LogP contribution in [0.4, 0.5) is 5.69 Å². The monoisotopic (exact) mass is 258 g/mol. The maximum Gasteiger partial charge on any atom is 0.253 e. The van der Waals surface area contributed by atoms with E-state index in [0.29, 0.717) is 6.42 Å². The van der Waals surface area contributed by atoms with Crippen molar-refractivity contribution in [2.75, 3.05) is 5.01 Å². The molecule has 6 heteroatoms. The van der Waals surface area contributed by atoms with E-state index >= 15 is 0 Å². The molecule has 5 nitrogen and oxygen atoms in total. The molecule has 0 radical (unpaired) electrons. The van der Waals surface area contributed by atoms with Crippen LogP contribution in [0.2, 0.25) is 0 Å². The van der Waals surface area contributed by atoms with Gasteiger partial charge in [-0.1, -0.05) is 16.6 Å². The van der Waals surface area contributed by atoms with E-state index in [1.807, 2.05) is 36.6 Å². The highest BCUT2D eigenvalue weighted by Crippen LogP contribution is 2.24. The molecule has 18 heavy (non-hydrogen) atoms.